The van der Waals surface area contributed by atoms with E-state index in [1.165, 1.54) is 11.3 Å². The Morgan fingerprint density at radius 3 is 2.26 bits per heavy atom. The predicted octanol–water partition coefficient (Wildman–Crippen LogP) is 2.72. The Bertz CT molecular complexity index is 768. The maximum atomic E-state index is 12.0. The van der Waals surface area contributed by atoms with Crippen molar-refractivity contribution < 1.29 is 14.6 Å². The van der Waals surface area contributed by atoms with Crippen molar-refractivity contribution in [1.82, 2.24) is 5.43 Å². The maximum Gasteiger partial charge on any atom is 0.277 e. The number of hydrazone groups is 1. The van der Waals surface area contributed by atoms with Crippen molar-refractivity contribution in [2.24, 2.45) is 5.10 Å². The van der Waals surface area contributed by atoms with Crippen molar-refractivity contribution in [3.63, 3.8) is 0 Å². The summed E-state index contributed by atoms with van der Waals surface area (Å²) in [6.07, 6.45) is 0. The van der Waals surface area contributed by atoms with Crippen LogP contribution in [0.5, 0.6) is 0 Å². The molecule has 2 rings (SSSR count). The van der Waals surface area contributed by atoms with Crippen LogP contribution in [0.4, 0.5) is 11.4 Å². The molecule has 0 atom stereocenters. The van der Waals surface area contributed by atoms with Crippen LogP contribution in [0.3, 0.4) is 0 Å². The summed E-state index contributed by atoms with van der Waals surface area (Å²) in [6.45, 7) is 1.68. The lowest BCUT2D eigenvalue weighted by Gasteiger charge is -2.02. The first kappa shape index (κ1) is 16.2. The highest BCUT2D eigenvalue weighted by Crippen LogP contribution is 2.22. The number of carbonyl (C=O) groups is 1. The first-order chi connectivity index (χ1) is 10.9. The summed E-state index contributed by atoms with van der Waals surface area (Å²) in [5.41, 5.74) is 1.49. The van der Waals surface area contributed by atoms with Gasteiger partial charge in [0.25, 0.3) is 17.3 Å². The van der Waals surface area contributed by atoms with Crippen LogP contribution in [0, 0.1) is 20.2 Å². The summed E-state index contributed by atoms with van der Waals surface area (Å²) >= 11 is 1.43. The van der Waals surface area contributed by atoms with E-state index in [2.05, 4.69) is 10.5 Å². The summed E-state index contributed by atoms with van der Waals surface area (Å²) in [5, 5.41) is 27.3. The molecule has 0 aliphatic heterocycles. The molecule has 0 unspecified atom stereocenters. The minimum Gasteiger partial charge on any atom is -0.267 e. The Morgan fingerprint density at radius 2 is 1.78 bits per heavy atom. The molecule has 1 aromatic carbocycles. The van der Waals surface area contributed by atoms with Gasteiger partial charge in [-0.05, 0) is 18.4 Å². The van der Waals surface area contributed by atoms with Gasteiger partial charge in [-0.15, -0.1) is 11.3 Å². The van der Waals surface area contributed by atoms with E-state index in [1.54, 1.807) is 6.92 Å². The Balaban J connectivity index is 2.26. The van der Waals surface area contributed by atoms with Gasteiger partial charge in [0, 0.05) is 17.0 Å². The van der Waals surface area contributed by atoms with Crippen molar-refractivity contribution in [1.29, 1.82) is 0 Å². The number of carbonyl (C=O) groups excluding carboxylic acids is 1. The number of nitro groups is 2. The number of hydrogen-bond acceptors (Lipinski definition) is 7. The Labute approximate surface area is 133 Å². The van der Waals surface area contributed by atoms with E-state index in [-0.39, 0.29) is 5.56 Å². The molecule has 0 saturated heterocycles. The second-order valence-corrected chi connectivity index (χ2v) is 5.32. The topological polar surface area (TPSA) is 128 Å². The Hall–Kier alpha value is -3.14. The Morgan fingerprint density at radius 1 is 1.17 bits per heavy atom. The van der Waals surface area contributed by atoms with Crippen LogP contribution in [0.25, 0.3) is 0 Å². The van der Waals surface area contributed by atoms with Crippen LogP contribution in [0.15, 0.2) is 40.8 Å². The third-order valence-corrected chi connectivity index (χ3v) is 3.77. The molecular formula is C13H10N4O5S. The number of hydrogen-bond donors (Lipinski definition) is 1. The van der Waals surface area contributed by atoms with E-state index in [4.69, 9.17) is 0 Å². The van der Waals surface area contributed by atoms with Gasteiger partial charge >= 0.3 is 0 Å². The number of rotatable bonds is 5. The molecule has 0 saturated carbocycles. The molecule has 0 radical (unpaired) electrons. The molecule has 2 aromatic rings. The summed E-state index contributed by atoms with van der Waals surface area (Å²) in [4.78, 5) is 32.8. The first-order valence-corrected chi connectivity index (χ1v) is 7.09. The number of thiophene rings is 1. The van der Waals surface area contributed by atoms with Crippen molar-refractivity contribution in [3.05, 3.63) is 66.4 Å². The molecule has 10 heteroatoms. The molecule has 9 nitrogen and oxygen atoms in total. The Kier molecular flexibility index (Phi) is 4.76. The molecular weight excluding hydrogens is 324 g/mol. The van der Waals surface area contributed by atoms with Gasteiger partial charge in [0.15, 0.2) is 0 Å². The average Bonchev–Trinajstić information content (AvgIpc) is 3.06. The van der Waals surface area contributed by atoms with Gasteiger partial charge in [0.1, 0.15) is 0 Å². The van der Waals surface area contributed by atoms with Crippen LogP contribution >= 0.6 is 11.3 Å². The third-order valence-electron chi connectivity index (χ3n) is 2.79. The number of nitrogens with one attached hydrogen (secondary N) is 1. The minimum atomic E-state index is -0.802. The number of benzene rings is 1. The molecule has 1 aromatic heterocycles. The zero-order chi connectivity index (χ0) is 17.0. The van der Waals surface area contributed by atoms with Gasteiger partial charge in [-0.2, -0.15) is 5.10 Å². The monoisotopic (exact) mass is 334 g/mol. The van der Waals surface area contributed by atoms with Crippen LogP contribution in [-0.4, -0.2) is 21.5 Å². The highest BCUT2D eigenvalue weighted by Gasteiger charge is 2.19. The molecule has 1 amide bonds. The fourth-order valence-corrected chi connectivity index (χ4v) is 2.35. The fraction of sp³-hybridized carbons (Fsp3) is 0.0769. The SMILES string of the molecule is C/C(=N/NC(=O)c1cc([N+](=O)[O-])cc([N+](=O)[O-])c1)c1cccs1. The van der Waals surface area contributed by atoms with Crippen LogP contribution in [-0.2, 0) is 0 Å². The van der Waals surface area contributed by atoms with E-state index < -0.39 is 27.1 Å². The summed E-state index contributed by atoms with van der Waals surface area (Å²) < 4.78 is 0. The highest BCUT2D eigenvalue weighted by atomic mass is 32.1. The van der Waals surface area contributed by atoms with Gasteiger partial charge < -0.3 is 0 Å². The highest BCUT2D eigenvalue weighted by molar-refractivity contribution is 7.12. The van der Waals surface area contributed by atoms with Crippen molar-refractivity contribution in [2.75, 3.05) is 0 Å². The molecule has 0 bridgehead atoms. The second kappa shape index (κ2) is 6.75. The number of amides is 1. The third kappa shape index (κ3) is 3.95. The molecule has 1 N–H and O–H groups in total. The van der Waals surface area contributed by atoms with Gasteiger partial charge in [0.2, 0.25) is 0 Å². The lowest BCUT2D eigenvalue weighted by Crippen LogP contribution is -2.19. The van der Waals surface area contributed by atoms with Gasteiger partial charge in [-0.1, -0.05) is 6.07 Å². The smallest absolute Gasteiger partial charge is 0.267 e. The number of nitro benzene ring substituents is 2. The predicted molar refractivity (Wildman–Crippen MR) is 83.7 cm³/mol. The van der Waals surface area contributed by atoms with Crippen molar-refractivity contribution in [2.45, 2.75) is 6.92 Å². The van der Waals surface area contributed by atoms with Gasteiger partial charge in [-0.25, -0.2) is 5.43 Å². The van der Waals surface area contributed by atoms with Crippen molar-refractivity contribution >= 4 is 34.3 Å². The van der Waals surface area contributed by atoms with E-state index in [0.717, 1.165) is 23.1 Å². The van der Waals surface area contributed by atoms with E-state index in [1.807, 2.05) is 17.5 Å². The lowest BCUT2D eigenvalue weighted by atomic mass is 10.1. The molecule has 1 heterocycles. The normalized spacial score (nSPS) is 11.1. The first-order valence-electron chi connectivity index (χ1n) is 6.21. The van der Waals surface area contributed by atoms with Crippen LogP contribution < -0.4 is 5.43 Å². The number of non-ortho nitro benzene ring substituents is 2. The lowest BCUT2D eigenvalue weighted by molar-refractivity contribution is -0.394. The van der Waals surface area contributed by atoms with Gasteiger partial charge in [-0.3, -0.25) is 25.0 Å². The molecule has 0 aliphatic carbocycles. The molecule has 0 aliphatic rings. The quantitative estimate of drug-likeness (QED) is 0.511. The average molecular weight is 334 g/mol. The largest absolute Gasteiger partial charge is 0.277 e. The maximum absolute atomic E-state index is 12.0. The molecule has 118 valence electrons. The molecule has 23 heavy (non-hydrogen) atoms. The zero-order valence-corrected chi connectivity index (χ0v) is 12.6. The van der Waals surface area contributed by atoms with Crippen molar-refractivity contribution in [3.8, 4) is 0 Å². The van der Waals surface area contributed by atoms with Crippen LogP contribution in [0.2, 0.25) is 0 Å². The van der Waals surface area contributed by atoms with E-state index in [9.17, 15) is 25.0 Å². The second-order valence-electron chi connectivity index (χ2n) is 4.37. The number of nitrogens with zero attached hydrogens (tertiary/aromatic N) is 3. The summed E-state index contributed by atoms with van der Waals surface area (Å²) in [7, 11) is 0. The summed E-state index contributed by atoms with van der Waals surface area (Å²) in [6, 6.07) is 6.34. The standard InChI is InChI=1S/C13H10N4O5S/c1-8(12-3-2-4-23-12)14-15-13(18)9-5-10(16(19)20)7-11(6-9)17(21)22/h2-7H,1H3,(H,15,18)/b14-8-. The molecule has 0 spiro atoms. The van der Waals surface area contributed by atoms with E-state index in [0.29, 0.717) is 5.71 Å². The van der Waals surface area contributed by atoms with Gasteiger partial charge in [0.05, 0.1) is 27.2 Å². The van der Waals surface area contributed by atoms with E-state index >= 15 is 0 Å². The molecule has 0 fully saturated rings. The summed E-state index contributed by atoms with van der Waals surface area (Å²) in [5.74, 6) is -0.771. The van der Waals surface area contributed by atoms with Crippen LogP contribution in [0.1, 0.15) is 22.2 Å². The zero-order valence-electron chi connectivity index (χ0n) is 11.8. The minimum absolute atomic E-state index is 0.214. The fourth-order valence-electron chi connectivity index (χ4n) is 1.68.